The van der Waals surface area contributed by atoms with Gasteiger partial charge in [-0.2, -0.15) is 0 Å². The predicted molar refractivity (Wildman–Crippen MR) is 92.0 cm³/mol. The van der Waals surface area contributed by atoms with Gasteiger partial charge in [-0.3, -0.25) is 0 Å². The second-order valence-corrected chi connectivity index (χ2v) is 8.91. The Kier molecular flexibility index (Phi) is 3.72. The highest BCUT2D eigenvalue weighted by Crippen LogP contribution is 2.60. The van der Waals surface area contributed by atoms with E-state index < -0.39 is 0 Å². The van der Waals surface area contributed by atoms with Crippen molar-refractivity contribution in [2.75, 3.05) is 0 Å². The Hall–Kier alpha value is -1.22. The fourth-order valence-electron chi connectivity index (χ4n) is 5.61. The van der Waals surface area contributed by atoms with Gasteiger partial charge in [0, 0.05) is 16.5 Å². The van der Waals surface area contributed by atoms with Crippen LogP contribution in [0.4, 0.5) is 0 Å². The topological polar surface area (TPSA) is 60.7 Å². The van der Waals surface area contributed by atoms with Crippen molar-refractivity contribution in [2.45, 2.75) is 77.7 Å². The van der Waals surface area contributed by atoms with E-state index in [9.17, 15) is 15.3 Å². The number of aliphatic hydroxyl groups excluding tert-OH is 1. The Morgan fingerprint density at radius 3 is 2.35 bits per heavy atom. The molecule has 23 heavy (non-hydrogen) atoms. The molecule has 128 valence electrons. The second-order valence-electron chi connectivity index (χ2n) is 8.91. The normalized spacial score (nSPS) is 32.5. The van der Waals surface area contributed by atoms with Crippen LogP contribution in [-0.2, 0) is 11.8 Å². The van der Waals surface area contributed by atoms with Crippen LogP contribution in [0, 0.1) is 11.3 Å². The van der Waals surface area contributed by atoms with Crippen LogP contribution in [0.3, 0.4) is 0 Å². The molecule has 2 aliphatic carbocycles. The minimum Gasteiger partial charge on any atom is -0.504 e. The number of rotatable bonds is 1. The van der Waals surface area contributed by atoms with Crippen molar-refractivity contribution in [1.29, 1.82) is 0 Å². The van der Waals surface area contributed by atoms with Crippen LogP contribution in [0.5, 0.6) is 11.5 Å². The molecule has 3 N–H and O–H groups in total. The van der Waals surface area contributed by atoms with Crippen LogP contribution in [0.2, 0.25) is 0 Å². The first-order chi connectivity index (χ1) is 10.6. The first-order valence-corrected chi connectivity index (χ1v) is 8.84. The molecular weight excluding hydrogens is 288 g/mol. The fraction of sp³-hybridized carbons (Fsp3) is 0.700. The molecule has 3 nitrogen and oxygen atoms in total. The molecule has 3 heteroatoms. The van der Waals surface area contributed by atoms with Crippen LogP contribution in [0.15, 0.2) is 6.07 Å². The molecule has 0 bridgehead atoms. The van der Waals surface area contributed by atoms with Gasteiger partial charge in [-0.1, -0.05) is 40.7 Å². The van der Waals surface area contributed by atoms with Crippen LogP contribution in [0.1, 0.15) is 76.5 Å². The smallest absolute Gasteiger partial charge is 0.161 e. The third kappa shape index (κ3) is 2.36. The Morgan fingerprint density at radius 1 is 1.09 bits per heavy atom. The zero-order chi connectivity index (χ0) is 17.2. The zero-order valence-electron chi connectivity index (χ0n) is 15.0. The highest BCUT2D eigenvalue weighted by atomic mass is 16.3. The molecule has 3 rings (SSSR count). The Bertz CT molecular complexity index is 632. The molecule has 1 fully saturated rings. The highest BCUT2D eigenvalue weighted by molar-refractivity contribution is 5.59. The molecule has 0 amide bonds. The molecule has 0 saturated heterocycles. The number of aromatic hydroxyl groups is 2. The largest absolute Gasteiger partial charge is 0.504 e. The lowest BCUT2D eigenvalue weighted by molar-refractivity contribution is -0.0392. The van der Waals surface area contributed by atoms with Gasteiger partial charge in [0.25, 0.3) is 0 Å². The van der Waals surface area contributed by atoms with E-state index in [0.717, 1.165) is 36.0 Å². The molecule has 0 aromatic heterocycles. The maximum atomic E-state index is 10.8. The quantitative estimate of drug-likeness (QED) is 0.679. The van der Waals surface area contributed by atoms with Crippen molar-refractivity contribution >= 4 is 0 Å². The van der Waals surface area contributed by atoms with Gasteiger partial charge in [0.1, 0.15) is 0 Å². The monoisotopic (exact) mass is 318 g/mol. The zero-order valence-corrected chi connectivity index (χ0v) is 15.0. The fourth-order valence-corrected chi connectivity index (χ4v) is 5.61. The average Bonchev–Trinajstić information content (AvgIpc) is 2.39. The second kappa shape index (κ2) is 5.14. The molecular formula is C20H30O3. The van der Waals surface area contributed by atoms with Gasteiger partial charge in [-0.15, -0.1) is 0 Å². The molecule has 1 aromatic rings. The van der Waals surface area contributed by atoms with Crippen LogP contribution in [0.25, 0.3) is 0 Å². The minimum atomic E-state index is -0.358. The van der Waals surface area contributed by atoms with Crippen molar-refractivity contribution in [3.8, 4) is 11.5 Å². The lowest BCUT2D eigenvalue weighted by atomic mass is 9.49. The molecule has 1 aromatic carbocycles. The summed E-state index contributed by atoms with van der Waals surface area (Å²) in [6.45, 7) is 10.7. The lowest BCUT2D eigenvalue weighted by Crippen LogP contribution is -2.52. The van der Waals surface area contributed by atoms with Crippen molar-refractivity contribution in [3.05, 3.63) is 22.8 Å². The number of hydrogen-bond acceptors (Lipinski definition) is 3. The van der Waals surface area contributed by atoms with Crippen molar-refractivity contribution < 1.29 is 15.3 Å². The summed E-state index contributed by atoms with van der Waals surface area (Å²) in [5, 5.41) is 31.7. The van der Waals surface area contributed by atoms with Gasteiger partial charge in [0.2, 0.25) is 0 Å². The van der Waals surface area contributed by atoms with E-state index in [1.54, 1.807) is 0 Å². The van der Waals surface area contributed by atoms with Gasteiger partial charge in [0.15, 0.2) is 11.5 Å². The maximum Gasteiger partial charge on any atom is 0.161 e. The summed E-state index contributed by atoms with van der Waals surface area (Å²) in [7, 11) is 0. The van der Waals surface area contributed by atoms with Gasteiger partial charge in [-0.05, 0) is 48.5 Å². The summed E-state index contributed by atoms with van der Waals surface area (Å²) in [6, 6.07) is 2.07. The van der Waals surface area contributed by atoms with E-state index in [-0.39, 0.29) is 34.4 Å². The summed E-state index contributed by atoms with van der Waals surface area (Å²) < 4.78 is 0. The van der Waals surface area contributed by atoms with E-state index in [2.05, 4.69) is 26.8 Å². The average molecular weight is 318 g/mol. The summed E-state index contributed by atoms with van der Waals surface area (Å²) in [6.07, 6.45) is 3.11. The van der Waals surface area contributed by atoms with Crippen molar-refractivity contribution in [2.24, 2.45) is 11.3 Å². The van der Waals surface area contributed by atoms with Gasteiger partial charge < -0.3 is 15.3 Å². The van der Waals surface area contributed by atoms with E-state index in [1.165, 1.54) is 0 Å². The van der Waals surface area contributed by atoms with Crippen molar-refractivity contribution in [3.63, 3.8) is 0 Å². The van der Waals surface area contributed by atoms with Crippen LogP contribution >= 0.6 is 0 Å². The maximum absolute atomic E-state index is 10.8. The van der Waals surface area contributed by atoms with E-state index >= 15 is 0 Å². The molecule has 0 heterocycles. The van der Waals surface area contributed by atoms with Crippen molar-refractivity contribution in [1.82, 2.24) is 0 Å². The third-order valence-corrected chi connectivity index (χ3v) is 6.41. The standard InChI is InChI=1S/C20H30O3/c1-11(2)14-8-12-6-7-15-19(3,4)9-13(21)10-20(15,5)16(12)18(23)17(14)22/h8,11,13,15,21-23H,6-7,9-10H2,1-5H3/t13-,15?,20-/m0/s1. The number of aryl methyl sites for hydroxylation is 1. The summed E-state index contributed by atoms with van der Waals surface area (Å²) in [5.41, 5.74) is 2.59. The summed E-state index contributed by atoms with van der Waals surface area (Å²) in [4.78, 5) is 0. The van der Waals surface area contributed by atoms with Gasteiger partial charge in [0.05, 0.1) is 6.10 Å². The Balaban J connectivity index is 2.22. The third-order valence-electron chi connectivity index (χ3n) is 6.41. The molecule has 0 radical (unpaired) electrons. The number of fused-ring (bicyclic) bond motifs is 3. The summed E-state index contributed by atoms with van der Waals surface area (Å²) in [5.74, 6) is 0.646. The molecule has 1 unspecified atom stereocenters. The minimum absolute atomic E-state index is 0.0264. The Morgan fingerprint density at radius 2 is 1.74 bits per heavy atom. The number of phenols is 2. The van der Waals surface area contributed by atoms with E-state index in [1.807, 2.05) is 13.8 Å². The first-order valence-electron chi connectivity index (χ1n) is 8.84. The van der Waals surface area contributed by atoms with Gasteiger partial charge in [-0.25, -0.2) is 0 Å². The molecule has 0 aliphatic heterocycles. The number of aliphatic hydroxyl groups is 1. The number of benzene rings is 1. The Labute approximate surface area is 139 Å². The first kappa shape index (κ1) is 16.6. The SMILES string of the molecule is CC(C)c1cc2c(c(O)c1O)[C@@]1(C)C[C@@H](O)CC(C)(C)C1CC2. The van der Waals surface area contributed by atoms with Gasteiger partial charge >= 0.3 is 0 Å². The molecule has 2 aliphatic rings. The lowest BCUT2D eigenvalue weighted by Gasteiger charge is -2.55. The molecule has 0 spiro atoms. The number of hydrogen-bond donors (Lipinski definition) is 3. The molecule has 1 saturated carbocycles. The predicted octanol–water partition coefficient (Wildman–Crippen LogP) is 4.22. The van der Waals surface area contributed by atoms with E-state index in [0.29, 0.717) is 12.3 Å². The van der Waals surface area contributed by atoms with Crippen LogP contribution in [-0.4, -0.2) is 21.4 Å². The van der Waals surface area contributed by atoms with Crippen LogP contribution < -0.4 is 0 Å². The number of phenolic OH excluding ortho intramolecular Hbond substituents is 2. The summed E-state index contributed by atoms with van der Waals surface area (Å²) >= 11 is 0. The van der Waals surface area contributed by atoms with E-state index in [4.69, 9.17) is 0 Å². The highest BCUT2D eigenvalue weighted by Gasteiger charge is 2.53. The molecule has 3 atom stereocenters.